The Morgan fingerprint density at radius 2 is 2.15 bits per heavy atom. The molecule has 3 aromatic rings. The number of hydrogen-bond acceptors (Lipinski definition) is 3. The molecule has 0 bridgehead atoms. The molecule has 0 aliphatic carbocycles. The van der Waals surface area contributed by atoms with E-state index in [0.29, 0.717) is 5.69 Å². The number of aromatic nitrogens is 2. The van der Waals surface area contributed by atoms with E-state index in [9.17, 15) is 9.18 Å². The Hall–Kier alpha value is -2.89. The van der Waals surface area contributed by atoms with Gasteiger partial charge >= 0.3 is 0 Å². The van der Waals surface area contributed by atoms with Crippen LogP contribution < -0.4 is 11.1 Å². The molecular formula is C14H11FN4O. The van der Waals surface area contributed by atoms with Gasteiger partial charge in [-0.1, -0.05) is 12.1 Å². The van der Waals surface area contributed by atoms with Crippen molar-refractivity contribution in [2.24, 2.45) is 0 Å². The van der Waals surface area contributed by atoms with E-state index < -0.39 is 11.7 Å². The predicted octanol–water partition coefficient (Wildman–Crippen LogP) is 2.54. The minimum absolute atomic E-state index is 0.0113. The smallest absolute Gasteiger partial charge is 0.255 e. The van der Waals surface area contributed by atoms with E-state index in [1.807, 2.05) is 6.07 Å². The predicted molar refractivity (Wildman–Crippen MR) is 74.9 cm³/mol. The number of anilines is 2. The van der Waals surface area contributed by atoms with Crippen LogP contribution in [0.15, 0.2) is 42.6 Å². The molecule has 0 saturated heterocycles. The summed E-state index contributed by atoms with van der Waals surface area (Å²) in [4.78, 5) is 12.1. The molecule has 0 unspecified atom stereocenters. The fourth-order valence-corrected chi connectivity index (χ4v) is 1.94. The maximum Gasteiger partial charge on any atom is 0.255 e. The molecule has 20 heavy (non-hydrogen) atoms. The highest BCUT2D eigenvalue weighted by molar-refractivity contribution is 6.08. The van der Waals surface area contributed by atoms with Crippen LogP contribution >= 0.6 is 0 Å². The lowest BCUT2D eigenvalue weighted by atomic mass is 10.1. The third-order valence-corrected chi connectivity index (χ3v) is 2.99. The van der Waals surface area contributed by atoms with E-state index in [1.165, 1.54) is 12.1 Å². The van der Waals surface area contributed by atoms with Crippen molar-refractivity contribution in [3.8, 4) is 0 Å². The molecule has 6 heteroatoms. The summed E-state index contributed by atoms with van der Waals surface area (Å²) < 4.78 is 13.4. The van der Waals surface area contributed by atoms with Crippen LogP contribution in [0.5, 0.6) is 0 Å². The Morgan fingerprint density at radius 1 is 1.30 bits per heavy atom. The molecule has 0 spiro atoms. The van der Waals surface area contributed by atoms with Crippen LogP contribution in [0.2, 0.25) is 0 Å². The summed E-state index contributed by atoms with van der Waals surface area (Å²) >= 11 is 0. The molecule has 1 amide bonds. The summed E-state index contributed by atoms with van der Waals surface area (Å²) in [5.41, 5.74) is 6.90. The number of halogens is 1. The summed E-state index contributed by atoms with van der Waals surface area (Å²) in [6.45, 7) is 0. The van der Waals surface area contributed by atoms with Crippen molar-refractivity contribution in [3.05, 3.63) is 54.0 Å². The van der Waals surface area contributed by atoms with Crippen LogP contribution in [0.3, 0.4) is 0 Å². The Balaban J connectivity index is 1.92. The van der Waals surface area contributed by atoms with Crippen molar-refractivity contribution in [1.29, 1.82) is 0 Å². The van der Waals surface area contributed by atoms with Gasteiger partial charge in [0.1, 0.15) is 5.82 Å². The van der Waals surface area contributed by atoms with Gasteiger partial charge in [-0.2, -0.15) is 5.10 Å². The molecule has 0 aliphatic rings. The zero-order chi connectivity index (χ0) is 14.1. The standard InChI is InChI=1S/C14H11FN4O/c15-10-6-8(4-5-11(10)16)14(20)18-12-3-1-2-9-7-17-19-13(9)12/h1-7H,16H2,(H,17,19)(H,18,20). The Kier molecular flexibility index (Phi) is 2.83. The maximum absolute atomic E-state index is 13.4. The number of para-hydroxylation sites is 1. The number of aromatic amines is 1. The summed E-state index contributed by atoms with van der Waals surface area (Å²) in [6, 6.07) is 9.36. The summed E-state index contributed by atoms with van der Waals surface area (Å²) in [6.07, 6.45) is 1.66. The molecule has 0 aliphatic heterocycles. The maximum atomic E-state index is 13.4. The van der Waals surface area contributed by atoms with E-state index in [0.717, 1.165) is 17.0 Å². The second-order valence-electron chi connectivity index (χ2n) is 4.33. The average Bonchev–Trinajstić information content (AvgIpc) is 2.91. The molecule has 2 aromatic carbocycles. The second kappa shape index (κ2) is 4.65. The van der Waals surface area contributed by atoms with E-state index in [2.05, 4.69) is 15.5 Å². The first kappa shape index (κ1) is 12.2. The molecule has 4 N–H and O–H groups in total. The number of fused-ring (bicyclic) bond motifs is 1. The minimum atomic E-state index is -0.614. The number of nitrogens with two attached hydrogens (primary N) is 1. The van der Waals surface area contributed by atoms with Crippen molar-refractivity contribution in [3.63, 3.8) is 0 Å². The summed E-state index contributed by atoms with van der Waals surface area (Å²) in [7, 11) is 0. The third-order valence-electron chi connectivity index (χ3n) is 2.99. The molecule has 5 nitrogen and oxygen atoms in total. The number of H-pyrrole nitrogens is 1. The lowest BCUT2D eigenvalue weighted by molar-refractivity contribution is 0.102. The lowest BCUT2D eigenvalue weighted by Crippen LogP contribution is -2.12. The van der Waals surface area contributed by atoms with Gasteiger partial charge in [-0.3, -0.25) is 9.89 Å². The number of rotatable bonds is 2. The molecule has 0 atom stereocenters. The molecule has 1 aromatic heterocycles. The van der Waals surface area contributed by atoms with Crippen molar-refractivity contribution in [1.82, 2.24) is 10.2 Å². The first-order valence-electron chi connectivity index (χ1n) is 5.93. The van der Waals surface area contributed by atoms with Gasteiger partial charge in [0.15, 0.2) is 0 Å². The van der Waals surface area contributed by atoms with E-state index in [4.69, 9.17) is 5.73 Å². The van der Waals surface area contributed by atoms with Gasteiger partial charge in [0.05, 0.1) is 23.1 Å². The summed E-state index contributed by atoms with van der Waals surface area (Å²) in [5.74, 6) is -1.02. The molecule has 100 valence electrons. The first-order valence-corrected chi connectivity index (χ1v) is 5.93. The highest BCUT2D eigenvalue weighted by atomic mass is 19.1. The number of nitrogens with zero attached hydrogens (tertiary/aromatic N) is 1. The highest BCUT2D eigenvalue weighted by Crippen LogP contribution is 2.21. The van der Waals surface area contributed by atoms with Crippen LogP contribution in [0.4, 0.5) is 15.8 Å². The number of nitrogens with one attached hydrogen (secondary N) is 2. The normalized spacial score (nSPS) is 10.7. The largest absolute Gasteiger partial charge is 0.396 e. The number of amides is 1. The number of benzene rings is 2. The number of nitrogen functional groups attached to an aromatic ring is 1. The third kappa shape index (κ3) is 2.07. The van der Waals surface area contributed by atoms with E-state index in [-0.39, 0.29) is 11.3 Å². The lowest BCUT2D eigenvalue weighted by Gasteiger charge is -2.07. The Bertz CT molecular complexity index is 797. The summed E-state index contributed by atoms with van der Waals surface area (Å²) in [5, 5.41) is 10.3. The number of carbonyl (C=O) groups excluding carboxylic acids is 1. The molecule has 0 radical (unpaired) electrons. The molecular weight excluding hydrogens is 259 g/mol. The highest BCUT2D eigenvalue weighted by Gasteiger charge is 2.11. The zero-order valence-corrected chi connectivity index (χ0v) is 10.4. The molecule has 0 saturated carbocycles. The van der Waals surface area contributed by atoms with Crippen molar-refractivity contribution in [2.45, 2.75) is 0 Å². The zero-order valence-electron chi connectivity index (χ0n) is 10.4. The van der Waals surface area contributed by atoms with Gasteiger partial charge in [0, 0.05) is 10.9 Å². The molecule has 0 fully saturated rings. The van der Waals surface area contributed by atoms with Crippen LogP contribution in [0.25, 0.3) is 10.9 Å². The van der Waals surface area contributed by atoms with Crippen molar-refractivity contribution in [2.75, 3.05) is 11.1 Å². The molecule has 3 rings (SSSR count). The van der Waals surface area contributed by atoms with Gasteiger partial charge in [-0.15, -0.1) is 0 Å². The first-order chi connectivity index (χ1) is 9.65. The number of hydrogen-bond donors (Lipinski definition) is 3. The topological polar surface area (TPSA) is 83.8 Å². The van der Waals surface area contributed by atoms with Gasteiger partial charge in [-0.25, -0.2) is 4.39 Å². The van der Waals surface area contributed by atoms with Gasteiger partial charge in [0.2, 0.25) is 0 Å². The van der Waals surface area contributed by atoms with Crippen LogP contribution in [0, 0.1) is 5.82 Å². The van der Waals surface area contributed by atoms with Gasteiger partial charge < -0.3 is 11.1 Å². The monoisotopic (exact) mass is 270 g/mol. The SMILES string of the molecule is Nc1ccc(C(=O)Nc2cccc3cn[nH]c23)cc1F. The van der Waals surface area contributed by atoms with Gasteiger partial charge in [-0.05, 0) is 24.3 Å². The van der Waals surface area contributed by atoms with Crippen molar-refractivity contribution < 1.29 is 9.18 Å². The van der Waals surface area contributed by atoms with E-state index >= 15 is 0 Å². The molecule has 1 heterocycles. The van der Waals surface area contributed by atoms with Crippen LogP contribution in [-0.4, -0.2) is 16.1 Å². The number of carbonyl (C=O) groups is 1. The Labute approximate surface area is 113 Å². The fourth-order valence-electron chi connectivity index (χ4n) is 1.94. The average molecular weight is 270 g/mol. The second-order valence-corrected chi connectivity index (χ2v) is 4.33. The fraction of sp³-hybridized carbons (Fsp3) is 0. The van der Waals surface area contributed by atoms with E-state index in [1.54, 1.807) is 18.3 Å². The quantitative estimate of drug-likeness (QED) is 0.626. The Morgan fingerprint density at radius 3 is 2.95 bits per heavy atom. The van der Waals surface area contributed by atoms with Gasteiger partial charge in [0.25, 0.3) is 5.91 Å². The van der Waals surface area contributed by atoms with Crippen LogP contribution in [0.1, 0.15) is 10.4 Å². The van der Waals surface area contributed by atoms with Crippen LogP contribution in [-0.2, 0) is 0 Å². The van der Waals surface area contributed by atoms with Crippen molar-refractivity contribution >= 4 is 28.2 Å². The minimum Gasteiger partial charge on any atom is -0.396 e.